The van der Waals surface area contributed by atoms with E-state index < -0.39 is 0 Å². The number of carbonyl (C=O) groups excluding carboxylic acids is 1. The van der Waals surface area contributed by atoms with Crippen molar-refractivity contribution in [1.82, 2.24) is 8.85 Å². The Labute approximate surface area is 67.8 Å². The lowest BCUT2D eigenvalue weighted by Crippen LogP contribution is -2.31. The molecule has 0 rings (SSSR count). The molecular formula is C4H9IN2O2. The molecule has 0 aromatic carbocycles. The first-order chi connectivity index (χ1) is 4.31. The molecule has 0 aromatic heterocycles. The standard InChI is InChI=1S/C4H9IN2O2/c1-9-3-2-6-4(8)7-5/h2-3H2,1H3,(H2,6,7,8). The number of hydrogen-bond donors (Lipinski definition) is 2. The SMILES string of the molecule is COCCNC(=O)NI. The molecule has 54 valence electrons. The Morgan fingerprint density at radius 3 is 2.89 bits per heavy atom. The average molecular weight is 244 g/mol. The number of urea groups is 1. The molecular weight excluding hydrogens is 235 g/mol. The Bertz CT molecular complexity index is 88.6. The van der Waals surface area contributed by atoms with Crippen LogP contribution in [0.15, 0.2) is 0 Å². The Balaban J connectivity index is 2.97. The second-order valence-corrected chi connectivity index (χ2v) is 1.88. The van der Waals surface area contributed by atoms with Crippen LogP contribution in [0.1, 0.15) is 0 Å². The summed E-state index contributed by atoms with van der Waals surface area (Å²) >= 11 is 1.76. The summed E-state index contributed by atoms with van der Waals surface area (Å²) in [5, 5.41) is 2.55. The van der Waals surface area contributed by atoms with Crippen molar-refractivity contribution in [2.45, 2.75) is 0 Å². The van der Waals surface area contributed by atoms with Gasteiger partial charge in [0, 0.05) is 13.7 Å². The fraction of sp³-hybridized carbons (Fsp3) is 0.750. The molecule has 5 heteroatoms. The lowest BCUT2D eigenvalue weighted by molar-refractivity contribution is 0.197. The number of ether oxygens (including phenoxy) is 1. The van der Waals surface area contributed by atoms with Gasteiger partial charge in [-0.1, -0.05) is 0 Å². The van der Waals surface area contributed by atoms with Crippen molar-refractivity contribution in [2.24, 2.45) is 0 Å². The van der Waals surface area contributed by atoms with Crippen molar-refractivity contribution >= 4 is 28.9 Å². The molecule has 0 aliphatic rings. The van der Waals surface area contributed by atoms with E-state index >= 15 is 0 Å². The number of methoxy groups -OCH3 is 1. The van der Waals surface area contributed by atoms with E-state index in [2.05, 4.69) is 8.85 Å². The summed E-state index contributed by atoms with van der Waals surface area (Å²) in [6, 6.07) is -0.187. The summed E-state index contributed by atoms with van der Waals surface area (Å²) in [6.07, 6.45) is 0. The number of nitrogens with one attached hydrogen (secondary N) is 2. The minimum absolute atomic E-state index is 0.187. The molecule has 4 nitrogen and oxygen atoms in total. The monoisotopic (exact) mass is 244 g/mol. The Morgan fingerprint density at radius 1 is 1.78 bits per heavy atom. The Hall–Kier alpha value is -0.0400. The highest BCUT2D eigenvalue weighted by molar-refractivity contribution is 14.1. The summed E-state index contributed by atoms with van der Waals surface area (Å²) < 4.78 is 7.08. The zero-order chi connectivity index (χ0) is 7.11. The quantitative estimate of drug-likeness (QED) is 0.425. The molecule has 0 spiro atoms. The van der Waals surface area contributed by atoms with Gasteiger partial charge in [-0.2, -0.15) is 0 Å². The smallest absolute Gasteiger partial charge is 0.323 e. The van der Waals surface area contributed by atoms with Gasteiger partial charge in [0.2, 0.25) is 0 Å². The number of carbonyl (C=O) groups is 1. The zero-order valence-corrected chi connectivity index (χ0v) is 7.27. The number of halogens is 1. The van der Waals surface area contributed by atoms with Gasteiger partial charge in [-0.15, -0.1) is 0 Å². The van der Waals surface area contributed by atoms with Gasteiger partial charge in [-0.3, -0.25) is 3.53 Å². The molecule has 0 fully saturated rings. The predicted molar refractivity (Wildman–Crippen MR) is 42.4 cm³/mol. The van der Waals surface area contributed by atoms with Crippen LogP contribution in [0.2, 0.25) is 0 Å². The summed E-state index contributed by atoms with van der Waals surface area (Å²) in [6.45, 7) is 1.09. The lowest BCUT2D eigenvalue weighted by Gasteiger charge is -2.00. The average Bonchev–Trinajstić information content (AvgIpc) is 1.89. The van der Waals surface area contributed by atoms with Gasteiger partial charge < -0.3 is 10.1 Å². The van der Waals surface area contributed by atoms with Crippen LogP contribution in [0.25, 0.3) is 0 Å². The maximum atomic E-state index is 10.4. The topological polar surface area (TPSA) is 50.4 Å². The van der Waals surface area contributed by atoms with Crippen molar-refractivity contribution in [3.05, 3.63) is 0 Å². The molecule has 9 heavy (non-hydrogen) atoms. The van der Waals surface area contributed by atoms with E-state index in [1.165, 1.54) is 0 Å². The van der Waals surface area contributed by atoms with Crippen molar-refractivity contribution in [1.29, 1.82) is 0 Å². The van der Waals surface area contributed by atoms with Gasteiger partial charge >= 0.3 is 6.03 Å². The second-order valence-electron chi connectivity index (χ2n) is 1.34. The Morgan fingerprint density at radius 2 is 2.44 bits per heavy atom. The first kappa shape index (κ1) is 8.96. The summed E-state index contributed by atoms with van der Waals surface area (Å²) in [5.74, 6) is 0. The maximum Gasteiger partial charge on any atom is 0.323 e. The van der Waals surface area contributed by atoms with Crippen LogP contribution in [-0.2, 0) is 4.74 Å². The van der Waals surface area contributed by atoms with Gasteiger partial charge in [0.25, 0.3) is 0 Å². The second kappa shape index (κ2) is 6.09. The van der Waals surface area contributed by atoms with Crippen molar-refractivity contribution in [3.8, 4) is 0 Å². The third-order valence-corrected chi connectivity index (χ3v) is 1.17. The van der Waals surface area contributed by atoms with Crippen LogP contribution in [-0.4, -0.2) is 26.3 Å². The van der Waals surface area contributed by atoms with Gasteiger partial charge in [0.15, 0.2) is 0 Å². The molecule has 0 unspecified atom stereocenters. The van der Waals surface area contributed by atoms with Crippen LogP contribution in [0.5, 0.6) is 0 Å². The van der Waals surface area contributed by atoms with E-state index in [1.54, 1.807) is 30.0 Å². The molecule has 0 atom stereocenters. The van der Waals surface area contributed by atoms with E-state index in [4.69, 9.17) is 4.74 Å². The highest BCUT2D eigenvalue weighted by atomic mass is 127. The number of rotatable bonds is 3. The van der Waals surface area contributed by atoms with E-state index in [0.717, 1.165) is 0 Å². The van der Waals surface area contributed by atoms with Gasteiger partial charge in [0.1, 0.15) is 0 Å². The first-order valence-electron chi connectivity index (χ1n) is 2.44. The summed E-state index contributed by atoms with van der Waals surface area (Å²) in [4.78, 5) is 10.4. The molecule has 0 saturated carbocycles. The molecule has 0 bridgehead atoms. The number of hydrogen-bond acceptors (Lipinski definition) is 2. The largest absolute Gasteiger partial charge is 0.383 e. The minimum Gasteiger partial charge on any atom is -0.383 e. The fourth-order valence-electron chi connectivity index (χ4n) is 0.300. The van der Waals surface area contributed by atoms with Crippen molar-refractivity contribution < 1.29 is 9.53 Å². The normalized spacial score (nSPS) is 8.67. The van der Waals surface area contributed by atoms with E-state index in [0.29, 0.717) is 13.2 Å². The zero-order valence-electron chi connectivity index (χ0n) is 5.11. The third-order valence-electron chi connectivity index (χ3n) is 0.678. The molecule has 0 saturated heterocycles. The molecule has 0 aliphatic heterocycles. The van der Waals surface area contributed by atoms with Crippen molar-refractivity contribution in [2.75, 3.05) is 20.3 Å². The molecule has 0 heterocycles. The van der Waals surface area contributed by atoms with Crippen LogP contribution < -0.4 is 8.85 Å². The molecule has 2 N–H and O–H groups in total. The number of amides is 2. The predicted octanol–water partition coefficient (Wildman–Crippen LogP) is 0.282. The van der Waals surface area contributed by atoms with Crippen LogP contribution in [0.3, 0.4) is 0 Å². The minimum atomic E-state index is -0.187. The van der Waals surface area contributed by atoms with Gasteiger partial charge in [-0.25, -0.2) is 4.79 Å². The van der Waals surface area contributed by atoms with E-state index in [-0.39, 0.29) is 6.03 Å². The highest BCUT2D eigenvalue weighted by Gasteiger charge is 1.92. The summed E-state index contributed by atoms with van der Waals surface area (Å²) in [5.41, 5.74) is 0. The maximum absolute atomic E-state index is 10.4. The lowest BCUT2D eigenvalue weighted by atomic mass is 10.7. The van der Waals surface area contributed by atoms with Crippen LogP contribution in [0, 0.1) is 0 Å². The molecule has 0 radical (unpaired) electrons. The van der Waals surface area contributed by atoms with E-state index in [1.807, 2.05) is 0 Å². The fourth-order valence-corrected chi connectivity index (χ4v) is 0.491. The van der Waals surface area contributed by atoms with Crippen LogP contribution in [0.4, 0.5) is 4.79 Å². The summed E-state index contributed by atoms with van der Waals surface area (Å²) in [7, 11) is 1.59. The van der Waals surface area contributed by atoms with Gasteiger partial charge in [0.05, 0.1) is 29.5 Å². The Kier molecular flexibility index (Phi) is 6.06. The third kappa shape index (κ3) is 5.84. The van der Waals surface area contributed by atoms with Crippen LogP contribution >= 0.6 is 22.9 Å². The molecule has 2 amide bonds. The van der Waals surface area contributed by atoms with Gasteiger partial charge in [-0.05, 0) is 0 Å². The highest BCUT2D eigenvalue weighted by Crippen LogP contribution is 1.70. The van der Waals surface area contributed by atoms with E-state index in [9.17, 15) is 4.79 Å². The molecule has 0 aliphatic carbocycles. The first-order valence-corrected chi connectivity index (χ1v) is 3.52. The van der Waals surface area contributed by atoms with Crippen molar-refractivity contribution in [3.63, 3.8) is 0 Å². The molecule has 0 aromatic rings.